The lowest BCUT2D eigenvalue weighted by Crippen LogP contribution is -2.34. The van der Waals surface area contributed by atoms with Gasteiger partial charge in [0.15, 0.2) is 6.04 Å². The fourth-order valence-electron chi connectivity index (χ4n) is 3.54. The molecule has 0 fully saturated rings. The van der Waals surface area contributed by atoms with Gasteiger partial charge in [0, 0.05) is 21.0 Å². The van der Waals surface area contributed by atoms with Crippen molar-refractivity contribution < 1.29 is 19.5 Å². The lowest BCUT2D eigenvalue weighted by molar-refractivity contribution is -0.142. The Morgan fingerprint density at radius 3 is 2.30 bits per heavy atom. The predicted molar refractivity (Wildman–Crippen MR) is 104 cm³/mol. The van der Waals surface area contributed by atoms with Gasteiger partial charge in [-0.15, -0.1) is 11.8 Å². The molecule has 0 radical (unpaired) electrons. The minimum atomic E-state index is -1.21. The highest BCUT2D eigenvalue weighted by atomic mass is 32.2. The number of carbonyl (C=O) groups is 3. The van der Waals surface area contributed by atoms with Gasteiger partial charge in [0.2, 0.25) is 11.7 Å². The molecule has 0 bridgehead atoms. The Hall–Kier alpha value is -2.48. The average molecular weight is 391 g/mol. The van der Waals surface area contributed by atoms with Crippen LogP contribution in [0.15, 0.2) is 17.2 Å². The summed E-state index contributed by atoms with van der Waals surface area (Å²) in [5, 5.41) is 13.1. The Labute approximate surface area is 162 Å². The van der Waals surface area contributed by atoms with Crippen LogP contribution in [-0.4, -0.2) is 38.2 Å². The second kappa shape index (κ2) is 8.04. The van der Waals surface area contributed by atoms with Gasteiger partial charge >= 0.3 is 5.97 Å². The summed E-state index contributed by atoms with van der Waals surface area (Å²) in [5.41, 5.74) is 2.90. The Balaban J connectivity index is 2.67. The number of carbonyl (C=O) groups excluding carboxylic acids is 2. The molecule has 0 aliphatic rings. The van der Waals surface area contributed by atoms with Crippen molar-refractivity contribution in [1.29, 1.82) is 0 Å². The zero-order chi connectivity index (χ0) is 20.5. The third-order valence-electron chi connectivity index (χ3n) is 4.77. The first kappa shape index (κ1) is 20.8. The van der Waals surface area contributed by atoms with Crippen LogP contribution >= 0.6 is 11.8 Å². The van der Waals surface area contributed by atoms with Gasteiger partial charge in [-0.05, 0) is 42.9 Å². The average Bonchev–Trinajstić information content (AvgIpc) is 3.08. The van der Waals surface area contributed by atoms with E-state index in [1.54, 1.807) is 29.4 Å². The Bertz CT molecular complexity index is 911. The van der Waals surface area contributed by atoms with Crippen molar-refractivity contribution in [1.82, 2.24) is 14.5 Å². The molecule has 1 amide bonds. The fraction of sp³-hybridized carbons (Fsp3) is 0.421. The molecule has 2 N–H and O–H groups in total. The number of thioether (sulfide) groups is 1. The highest BCUT2D eigenvalue weighted by Crippen LogP contribution is 2.30. The highest BCUT2D eigenvalue weighted by molar-refractivity contribution is 7.98. The maximum absolute atomic E-state index is 13.2. The van der Waals surface area contributed by atoms with E-state index in [9.17, 15) is 19.5 Å². The Morgan fingerprint density at radius 1 is 1.22 bits per heavy atom. The second-order valence-electron chi connectivity index (χ2n) is 6.37. The van der Waals surface area contributed by atoms with E-state index in [2.05, 4.69) is 5.32 Å². The largest absolute Gasteiger partial charge is 0.479 e. The summed E-state index contributed by atoms with van der Waals surface area (Å²) < 4.78 is 3.43. The normalized spacial score (nSPS) is 12.1. The second-order valence-corrected chi connectivity index (χ2v) is 7.20. The molecule has 2 rings (SSSR count). The number of carboxylic acid groups (broad SMARTS) is 1. The number of carboxylic acids is 1. The molecule has 2 heterocycles. The van der Waals surface area contributed by atoms with Crippen molar-refractivity contribution in [2.45, 2.75) is 38.3 Å². The lowest BCUT2D eigenvalue weighted by atomic mass is 10.0. The monoisotopic (exact) mass is 391 g/mol. The molecular formula is C19H25N3O4S. The molecule has 1 atom stereocenters. The number of nitrogens with zero attached hydrogens (tertiary/aromatic N) is 2. The van der Waals surface area contributed by atoms with E-state index in [0.29, 0.717) is 23.5 Å². The molecule has 0 aliphatic heterocycles. The van der Waals surface area contributed by atoms with Gasteiger partial charge in [0.25, 0.3) is 0 Å². The van der Waals surface area contributed by atoms with E-state index in [0.717, 1.165) is 16.2 Å². The van der Waals surface area contributed by atoms with Gasteiger partial charge in [0.1, 0.15) is 0 Å². The highest BCUT2D eigenvalue weighted by Gasteiger charge is 2.32. The van der Waals surface area contributed by atoms with Crippen molar-refractivity contribution >= 4 is 29.4 Å². The topological polar surface area (TPSA) is 93.3 Å². The van der Waals surface area contributed by atoms with E-state index < -0.39 is 17.9 Å². The minimum absolute atomic E-state index is 0.175. The van der Waals surface area contributed by atoms with Crippen molar-refractivity contribution in [3.63, 3.8) is 0 Å². The van der Waals surface area contributed by atoms with Gasteiger partial charge in [-0.1, -0.05) is 6.92 Å². The van der Waals surface area contributed by atoms with Crippen LogP contribution in [-0.2, 0) is 30.1 Å². The van der Waals surface area contributed by atoms with Crippen LogP contribution in [0.2, 0.25) is 0 Å². The summed E-state index contributed by atoms with van der Waals surface area (Å²) in [6.45, 7) is 5.00. The van der Waals surface area contributed by atoms with Gasteiger partial charge < -0.3 is 19.6 Å². The molecule has 8 heteroatoms. The molecule has 0 aromatic carbocycles. The quantitative estimate of drug-likeness (QED) is 0.559. The van der Waals surface area contributed by atoms with Crippen LogP contribution in [0.5, 0.6) is 0 Å². The van der Waals surface area contributed by atoms with Gasteiger partial charge in [-0.2, -0.15) is 0 Å². The summed E-state index contributed by atoms with van der Waals surface area (Å²) in [4.78, 5) is 36.6. The molecular weight excluding hydrogens is 366 g/mol. The van der Waals surface area contributed by atoms with Crippen molar-refractivity contribution in [3.8, 4) is 0 Å². The van der Waals surface area contributed by atoms with E-state index in [1.807, 2.05) is 37.8 Å². The Morgan fingerprint density at radius 2 is 1.85 bits per heavy atom. The third-order valence-corrected chi connectivity index (χ3v) is 5.60. The van der Waals surface area contributed by atoms with Gasteiger partial charge in [-0.3, -0.25) is 9.59 Å². The zero-order valence-corrected chi connectivity index (χ0v) is 17.2. The first-order valence-electron chi connectivity index (χ1n) is 8.57. The van der Waals surface area contributed by atoms with Crippen LogP contribution in [0.1, 0.15) is 52.9 Å². The summed E-state index contributed by atoms with van der Waals surface area (Å²) in [7, 11) is 3.50. The van der Waals surface area contributed by atoms with E-state index >= 15 is 0 Å². The molecule has 1 unspecified atom stereocenters. The number of ketones is 1. The number of hydrogen-bond acceptors (Lipinski definition) is 4. The molecule has 2 aromatic heterocycles. The molecule has 0 spiro atoms. The fourth-order valence-corrected chi connectivity index (χ4v) is 4.12. The first-order chi connectivity index (χ1) is 12.6. The maximum atomic E-state index is 13.2. The summed E-state index contributed by atoms with van der Waals surface area (Å²) >= 11 is 1.54. The zero-order valence-electron chi connectivity index (χ0n) is 16.4. The SMILES string of the molecule is CCc1c(C)c(C(=O)c2ccc(SC)n2C)n(C)c1C(NC(C)=O)C(=O)O. The molecule has 0 aliphatic carbocycles. The predicted octanol–water partition coefficient (Wildman–Crippen LogP) is 2.45. The minimum Gasteiger partial charge on any atom is -0.479 e. The summed E-state index contributed by atoms with van der Waals surface area (Å²) in [6, 6.07) is 2.45. The maximum Gasteiger partial charge on any atom is 0.332 e. The van der Waals surface area contributed by atoms with Crippen molar-refractivity contribution in [2.24, 2.45) is 14.1 Å². The van der Waals surface area contributed by atoms with E-state index in [1.165, 1.54) is 6.92 Å². The van der Waals surface area contributed by atoms with Gasteiger partial charge in [-0.25, -0.2) is 4.79 Å². The summed E-state index contributed by atoms with van der Waals surface area (Å²) in [6.07, 6.45) is 2.49. The smallest absolute Gasteiger partial charge is 0.332 e. The van der Waals surface area contributed by atoms with E-state index in [-0.39, 0.29) is 5.78 Å². The van der Waals surface area contributed by atoms with Crippen LogP contribution in [0.4, 0.5) is 0 Å². The molecule has 27 heavy (non-hydrogen) atoms. The number of rotatable bonds is 7. The molecule has 7 nitrogen and oxygen atoms in total. The number of hydrogen-bond donors (Lipinski definition) is 2. The number of nitrogens with one attached hydrogen (secondary N) is 1. The number of aliphatic carboxylic acids is 1. The van der Waals surface area contributed by atoms with Crippen LogP contribution in [0.3, 0.4) is 0 Å². The van der Waals surface area contributed by atoms with Gasteiger partial charge in [0.05, 0.1) is 22.1 Å². The van der Waals surface area contributed by atoms with Crippen LogP contribution < -0.4 is 5.32 Å². The van der Waals surface area contributed by atoms with Crippen LogP contribution in [0, 0.1) is 6.92 Å². The lowest BCUT2D eigenvalue weighted by Gasteiger charge is -2.17. The molecule has 2 aromatic rings. The summed E-state index contributed by atoms with van der Waals surface area (Å²) in [5.74, 6) is -1.78. The number of amides is 1. The number of aromatic nitrogens is 2. The molecule has 0 saturated heterocycles. The van der Waals surface area contributed by atoms with Crippen molar-refractivity contribution in [2.75, 3.05) is 6.26 Å². The van der Waals surface area contributed by atoms with Crippen LogP contribution in [0.25, 0.3) is 0 Å². The van der Waals surface area contributed by atoms with Crippen molar-refractivity contribution in [3.05, 3.63) is 40.3 Å². The third kappa shape index (κ3) is 3.66. The standard InChI is InChI=1S/C19H25N3O4S/c1-7-12-10(2)16(18(24)13-8-9-14(27-6)21(13)4)22(5)17(12)15(19(25)26)20-11(3)23/h8-9,15H,7H2,1-6H3,(H,20,23)(H,25,26). The molecule has 146 valence electrons. The molecule has 0 saturated carbocycles. The Kier molecular flexibility index (Phi) is 6.20. The first-order valence-corrected chi connectivity index (χ1v) is 9.80. The van der Waals surface area contributed by atoms with E-state index in [4.69, 9.17) is 0 Å².